The van der Waals surface area contributed by atoms with Crippen LogP contribution in [0.25, 0.3) is 0 Å². The lowest BCUT2D eigenvalue weighted by Crippen LogP contribution is -2.06. The summed E-state index contributed by atoms with van der Waals surface area (Å²) in [7, 11) is 0. The van der Waals surface area contributed by atoms with Crippen LogP contribution in [0.1, 0.15) is 10.5 Å². The highest BCUT2D eigenvalue weighted by atomic mass is 16.4. The molecule has 0 aliphatic rings. The Morgan fingerprint density at radius 2 is 2.33 bits per heavy atom. The van der Waals surface area contributed by atoms with Crippen molar-refractivity contribution in [1.29, 1.82) is 0 Å². The predicted octanol–water partition coefficient (Wildman–Crippen LogP) is 0.478. The van der Waals surface area contributed by atoms with Crippen LogP contribution in [0, 0.1) is 0 Å². The molecule has 78 valence electrons. The van der Waals surface area contributed by atoms with Crippen molar-refractivity contribution in [3.63, 3.8) is 0 Å². The first-order chi connectivity index (χ1) is 7.25. The molecule has 0 unspecified atom stereocenters. The number of aromatic nitrogens is 4. The van der Waals surface area contributed by atoms with E-state index in [-0.39, 0.29) is 5.69 Å². The number of carbonyl (C=O) groups is 1. The van der Waals surface area contributed by atoms with E-state index in [4.69, 9.17) is 5.11 Å². The zero-order chi connectivity index (χ0) is 10.7. The van der Waals surface area contributed by atoms with Crippen LogP contribution in [-0.2, 0) is 13.1 Å². The first-order valence-corrected chi connectivity index (χ1v) is 4.48. The van der Waals surface area contributed by atoms with Crippen LogP contribution in [0.5, 0.6) is 0 Å². The van der Waals surface area contributed by atoms with Crippen molar-refractivity contribution in [2.24, 2.45) is 0 Å². The summed E-state index contributed by atoms with van der Waals surface area (Å²) in [6.45, 7) is 1.35. The van der Waals surface area contributed by atoms with Gasteiger partial charge >= 0.3 is 5.97 Å². The maximum Gasteiger partial charge on any atom is 0.356 e. The second kappa shape index (κ2) is 3.95. The van der Waals surface area contributed by atoms with Gasteiger partial charge in [0.15, 0.2) is 5.69 Å². The molecule has 0 atom stereocenters. The molecule has 0 amide bonds. The monoisotopic (exact) mass is 206 g/mol. The quantitative estimate of drug-likeness (QED) is 0.789. The largest absolute Gasteiger partial charge is 0.476 e. The number of carboxylic acid groups (broad SMARTS) is 1. The Morgan fingerprint density at radius 3 is 2.93 bits per heavy atom. The van der Waals surface area contributed by atoms with Gasteiger partial charge in [-0.25, -0.2) is 9.78 Å². The summed E-state index contributed by atoms with van der Waals surface area (Å²) in [5.41, 5.74) is 0.0652. The molecule has 0 aromatic carbocycles. The molecule has 0 fully saturated rings. The summed E-state index contributed by atoms with van der Waals surface area (Å²) in [4.78, 5) is 14.3. The lowest BCUT2D eigenvalue weighted by Gasteiger charge is -2.01. The summed E-state index contributed by atoms with van der Waals surface area (Å²) in [5.74, 6) is -1.01. The molecule has 0 spiro atoms. The third-order valence-corrected chi connectivity index (χ3v) is 2.00. The van der Waals surface area contributed by atoms with Crippen molar-refractivity contribution in [1.82, 2.24) is 19.3 Å². The second-order valence-corrected chi connectivity index (χ2v) is 3.07. The third-order valence-electron chi connectivity index (χ3n) is 2.00. The van der Waals surface area contributed by atoms with Gasteiger partial charge in [0.25, 0.3) is 0 Å². The average Bonchev–Trinajstić information content (AvgIpc) is 2.86. The lowest BCUT2D eigenvalue weighted by atomic mass is 10.5. The van der Waals surface area contributed by atoms with Crippen LogP contribution in [-0.4, -0.2) is 30.4 Å². The van der Waals surface area contributed by atoms with Crippen LogP contribution in [0.2, 0.25) is 0 Å². The van der Waals surface area contributed by atoms with Gasteiger partial charge in [-0.3, -0.25) is 4.68 Å². The van der Waals surface area contributed by atoms with Crippen molar-refractivity contribution < 1.29 is 9.90 Å². The van der Waals surface area contributed by atoms with E-state index in [9.17, 15) is 4.79 Å². The van der Waals surface area contributed by atoms with E-state index in [1.807, 2.05) is 12.3 Å². The van der Waals surface area contributed by atoms with Gasteiger partial charge in [-0.05, 0) is 6.07 Å². The molecule has 2 aromatic heterocycles. The van der Waals surface area contributed by atoms with Gasteiger partial charge in [0.2, 0.25) is 0 Å². The van der Waals surface area contributed by atoms with Gasteiger partial charge in [0.1, 0.15) is 0 Å². The molecule has 2 heterocycles. The minimum absolute atomic E-state index is 0.0652. The maximum absolute atomic E-state index is 10.6. The standard InChI is InChI=1S/C9H10N4O2/c14-9(15)8-6-12(7-10-8)4-5-13-3-1-2-11-13/h1-3,6-7H,4-5H2,(H,14,15). The van der Waals surface area contributed by atoms with Crippen LogP contribution in [0.3, 0.4) is 0 Å². The van der Waals surface area contributed by atoms with Gasteiger partial charge in [-0.2, -0.15) is 5.10 Å². The molecule has 0 aliphatic heterocycles. The smallest absolute Gasteiger partial charge is 0.356 e. The van der Waals surface area contributed by atoms with Crippen molar-refractivity contribution in [3.05, 3.63) is 36.7 Å². The van der Waals surface area contributed by atoms with Crippen molar-refractivity contribution in [2.75, 3.05) is 0 Å². The van der Waals surface area contributed by atoms with E-state index in [1.165, 1.54) is 12.5 Å². The highest BCUT2D eigenvalue weighted by molar-refractivity contribution is 5.84. The van der Waals surface area contributed by atoms with E-state index < -0.39 is 5.97 Å². The highest BCUT2D eigenvalue weighted by Crippen LogP contribution is 1.97. The molecule has 2 rings (SSSR count). The maximum atomic E-state index is 10.6. The SMILES string of the molecule is O=C(O)c1cn(CCn2cccn2)cn1. The molecule has 1 N–H and O–H groups in total. The number of carboxylic acids is 1. The molecule has 0 saturated heterocycles. The van der Waals surface area contributed by atoms with Crippen LogP contribution < -0.4 is 0 Å². The summed E-state index contributed by atoms with van der Waals surface area (Å²) >= 11 is 0. The second-order valence-electron chi connectivity index (χ2n) is 3.07. The Labute approximate surface area is 85.8 Å². The zero-order valence-electron chi connectivity index (χ0n) is 7.95. The fraction of sp³-hybridized carbons (Fsp3) is 0.222. The molecule has 0 bridgehead atoms. The van der Waals surface area contributed by atoms with Crippen LogP contribution in [0.15, 0.2) is 31.0 Å². The first kappa shape index (κ1) is 9.45. The number of hydrogen-bond acceptors (Lipinski definition) is 3. The highest BCUT2D eigenvalue weighted by Gasteiger charge is 2.05. The fourth-order valence-corrected chi connectivity index (χ4v) is 1.24. The number of rotatable bonds is 4. The van der Waals surface area contributed by atoms with Crippen molar-refractivity contribution in [3.8, 4) is 0 Å². The molecule has 6 nitrogen and oxygen atoms in total. The number of aryl methyl sites for hydroxylation is 2. The van der Waals surface area contributed by atoms with E-state index in [1.54, 1.807) is 15.4 Å². The van der Waals surface area contributed by atoms with Gasteiger partial charge in [0.05, 0.1) is 12.9 Å². The van der Waals surface area contributed by atoms with E-state index in [0.29, 0.717) is 13.1 Å². The summed E-state index contributed by atoms with van der Waals surface area (Å²) in [6.07, 6.45) is 6.57. The number of nitrogens with zero attached hydrogens (tertiary/aromatic N) is 4. The molecule has 15 heavy (non-hydrogen) atoms. The molecule has 0 saturated carbocycles. The van der Waals surface area contributed by atoms with E-state index in [0.717, 1.165) is 0 Å². The van der Waals surface area contributed by atoms with Crippen molar-refractivity contribution in [2.45, 2.75) is 13.1 Å². The van der Waals surface area contributed by atoms with E-state index in [2.05, 4.69) is 10.1 Å². The normalized spacial score (nSPS) is 10.4. The topological polar surface area (TPSA) is 72.9 Å². The fourth-order valence-electron chi connectivity index (χ4n) is 1.24. The average molecular weight is 206 g/mol. The lowest BCUT2D eigenvalue weighted by molar-refractivity contribution is 0.0691. The Morgan fingerprint density at radius 1 is 1.47 bits per heavy atom. The van der Waals surface area contributed by atoms with Gasteiger partial charge < -0.3 is 9.67 Å². The van der Waals surface area contributed by atoms with Crippen molar-refractivity contribution >= 4 is 5.97 Å². The molecule has 0 aliphatic carbocycles. The third kappa shape index (κ3) is 2.22. The Kier molecular flexibility index (Phi) is 2.49. The minimum atomic E-state index is -1.01. The van der Waals surface area contributed by atoms with Gasteiger partial charge in [0, 0.05) is 25.1 Å². The predicted molar refractivity (Wildman–Crippen MR) is 51.4 cm³/mol. The summed E-state index contributed by atoms with van der Waals surface area (Å²) in [5, 5.41) is 12.7. The number of imidazole rings is 1. The molecular formula is C9H10N4O2. The Hall–Kier alpha value is -2.11. The van der Waals surface area contributed by atoms with Gasteiger partial charge in [-0.1, -0.05) is 0 Å². The van der Waals surface area contributed by atoms with Crippen LogP contribution in [0.4, 0.5) is 0 Å². The molecule has 6 heteroatoms. The van der Waals surface area contributed by atoms with E-state index >= 15 is 0 Å². The van der Waals surface area contributed by atoms with Gasteiger partial charge in [-0.15, -0.1) is 0 Å². The molecule has 2 aromatic rings. The number of aromatic carboxylic acids is 1. The summed E-state index contributed by atoms with van der Waals surface area (Å²) < 4.78 is 3.51. The first-order valence-electron chi connectivity index (χ1n) is 4.48. The number of hydrogen-bond donors (Lipinski definition) is 1. The van der Waals surface area contributed by atoms with Crippen LogP contribution >= 0.6 is 0 Å². The minimum Gasteiger partial charge on any atom is -0.476 e. The zero-order valence-corrected chi connectivity index (χ0v) is 7.95. The summed E-state index contributed by atoms with van der Waals surface area (Å²) in [6, 6.07) is 1.84. The molecular weight excluding hydrogens is 196 g/mol. The molecule has 0 radical (unpaired) electrons. The Bertz CT molecular complexity index is 446. The Balaban J connectivity index is 1.96.